The Balaban J connectivity index is 1.48. The van der Waals surface area contributed by atoms with Crippen LogP contribution in [0.3, 0.4) is 0 Å². The van der Waals surface area contributed by atoms with E-state index in [0.717, 1.165) is 38.8 Å². The topological polar surface area (TPSA) is 61.9 Å². The summed E-state index contributed by atoms with van der Waals surface area (Å²) in [7, 11) is 0. The lowest BCUT2D eigenvalue weighted by Gasteiger charge is -2.37. The summed E-state index contributed by atoms with van der Waals surface area (Å²) < 4.78 is 5.46. The average molecular weight is 295 g/mol. The van der Waals surface area contributed by atoms with Gasteiger partial charge in [-0.05, 0) is 32.2 Å². The molecular formula is C15H25N3O3. The Kier molecular flexibility index (Phi) is 4.75. The number of carbonyl (C=O) groups excluding carboxylic acids is 2. The number of carbonyl (C=O) groups is 2. The highest BCUT2D eigenvalue weighted by Crippen LogP contribution is 2.18. The minimum Gasteiger partial charge on any atom is -0.368 e. The molecule has 2 atom stereocenters. The molecule has 0 bridgehead atoms. The third-order valence-corrected chi connectivity index (χ3v) is 4.75. The van der Waals surface area contributed by atoms with Crippen molar-refractivity contribution in [3.05, 3.63) is 0 Å². The quantitative estimate of drug-likeness (QED) is 0.769. The van der Waals surface area contributed by atoms with Crippen LogP contribution in [0.15, 0.2) is 0 Å². The molecule has 2 amide bonds. The minimum absolute atomic E-state index is 0.110. The van der Waals surface area contributed by atoms with Gasteiger partial charge in [0.25, 0.3) is 5.91 Å². The SMILES string of the molecule is O=C(C1CCCO1)N1CCN(C(=O)[C@H]2CCCNC2)CC1. The van der Waals surface area contributed by atoms with Crippen molar-refractivity contribution < 1.29 is 14.3 Å². The number of hydrogen-bond acceptors (Lipinski definition) is 4. The van der Waals surface area contributed by atoms with Gasteiger partial charge in [0.05, 0.1) is 5.92 Å². The van der Waals surface area contributed by atoms with Crippen LogP contribution >= 0.6 is 0 Å². The lowest BCUT2D eigenvalue weighted by molar-refractivity contribution is -0.147. The van der Waals surface area contributed by atoms with Crippen LogP contribution in [0.2, 0.25) is 0 Å². The summed E-state index contributed by atoms with van der Waals surface area (Å²) in [6.45, 7) is 5.13. The first-order chi connectivity index (χ1) is 10.3. The standard InChI is InChI=1S/C15H25N3O3/c19-14(12-3-1-5-16-11-12)17-6-8-18(9-7-17)15(20)13-4-2-10-21-13/h12-13,16H,1-11H2/t12-,13?/m0/s1. The van der Waals surface area contributed by atoms with Crippen molar-refractivity contribution in [2.75, 3.05) is 45.9 Å². The van der Waals surface area contributed by atoms with Crippen LogP contribution in [0, 0.1) is 5.92 Å². The molecular weight excluding hydrogens is 270 g/mol. The second-order valence-corrected chi connectivity index (χ2v) is 6.20. The molecule has 3 aliphatic rings. The van der Waals surface area contributed by atoms with Crippen molar-refractivity contribution in [3.63, 3.8) is 0 Å². The lowest BCUT2D eigenvalue weighted by Crippen LogP contribution is -2.54. The van der Waals surface area contributed by atoms with Gasteiger partial charge in [-0.15, -0.1) is 0 Å². The second kappa shape index (κ2) is 6.75. The molecule has 0 aromatic heterocycles. The Hall–Kier alpha value is -1.14. The molecule has 0 radical (unpaired) electrons. The summed E-state index contributed by atoms with van der Waals surface area (Å²) in [4.78, 5) is 28.5. The highest BCUT2D eigenvalue weighted by Gasteiger charge is 2.33. The van der Waals surface area contributed by atoms with Crippen LogP contribution in [0.5, 0.6) is 0 Å². The highest BCUT2D eigenvalue weighted by molar-refractivity contribution is 5.82. The number of amides is 2. The summed E-state index contributed by atoms with van der Waals surface area (Å²) in [5, 5.41) is 3.29. The second-order valence-electron chi connectivity index (χ2n) is 6.20. The summed E-state index contributed by atoms with van der Waals surface area (Å²) in [6, 6.07) is 0. The molecule has 0 aromatic rings. The van der Waals surface area contributed by atoms with E-state index in [9.17, 15) is 9.59 Å². The lowest BCUT2D eigenvalue weighted by atomic mass is 9.98. The van der Waals surface area contributed by atoms with E-state index < -0.39 is 0 Å². The zero-order valence-corrected chi connectivity index (χ0v) is 12.6. The monoisotopic (exact) mass is 295 g/mol. The van der Waals surface area contributed by atoms with Gasteiger partial charge in [0, 0.05) is 39.3 Å². The molecule has 0 aromatic carbocycles. The number of rotatable bonds is 2. The zero-order valence-electron chi connectivity index (χ0n) is 12.6. The Morgan fingerprint density at radius 2 is 1.67 bits per heavy atom. The number of piperidine rings is 1. The molecule has 3 heterocycles. The van der Waals surface area contributed by atoms with Crippen LogP contribution in [0.25, 0.3) is 0 Å². The van der Waals surface area contributed by atoms with E-state index in [-0.39, 0.29) is 23.8 Å². The van der Waals surface area contributed by atoms with Gasteiger partial charge in [-0.3, -0.25) is 9.59 Å². The maximum Gasteiger partial charge on any atom is 0.251 e. The first kappa shape index (κ1) is 14.8. The number of piperazine rings is 1. The number of ether oxygens (including phenoxy) is 1. The highest BCUT2D eigenvalue weighted by atomic mass is 16.5. The van der Waals surface area contributed by atoms with Crippen molar-refractivity contribution >= 4 is 11.8 Å². The largest absolute Gasteiger partial charge is 0.368 e. The van der Waals surface area contributed by atoms with Crippen molar-refractivity contribution in [1.82, 2.24) is 15.1 Å². The van der Waals surface area contributed by atoms with Gasteiger partial charge in [0.15, 0.2) is 0 Å². The Bertz CT molecular complexity index is 382. The van der Waals surface area contributed by atoms with Crippen LogP contribution in [-0.4, -0.2) is 73.6 Å². The number of hydrogen-bond donors (Lipinski definition) is 1. The van der Waals surface area contributed by atoms with Gasteiger partial charge in [-0.25, -0.2) is 0 Å². The predicted molar refractivity (Wildman–Crippen MR) is 77.7 cm³/mol. The van der Waals surface area contributed by atoms with Crippen LogP contribution in [-0.2, 0) is 14.3 Å². The van der Waals surface area contributed by atoms with Crippen molar-refractivity contribution in [3.8, 4) is 0 Å². The van der Waals surface area contributed by atoms with Crippen molar-refractivity contribution in [2.45, 2.75) is 31.8 Å². The average Bonchev–Trinajstić information content (AvgIpc) is 3.09. The van der Waals surface area contributed by atoms with E-state index >= 15 is 0 Å². The van der Waals surface area contributed by atoms with Gasteiger partial charge >= 0.3 is 0 Å². The third-order valence-electron chi connectivity index (χ3n) is 4.75. The molecule has 0 spiro atoms. The van der Waals surface area contributed by atoms with Crippen molar-refractivity contribution in [2.24, 2.45) is 5.92 Å². The summed E-state index contributed by atoms with van der Waals surface area (Å²) in [6.07, 6.45) is 3.64. The molecule has 0 aliphatic carbocycles. The van der Waals surface area contributed by atoms with Crippen LogP contribution in [0.4, 0.5) is 0 Å². The molecule has 1 N–H and O–H groups in total. The van der Waals surface area contributed by atoms with E-state index in [2.05, 4.69) is 5.32 Å². The Morgan fingerprint density at radius 1 is 0.952 bits per heavy atom. The fourth-order valence-corrected chi connectivity index (χ4v) is 3.44. The summed E-state index contributed by atoms with van der Waals surface area (Å²) in [5.41, 5.74) is 0. The van der Waals surface area contributed by atoms with Gasteiger partial charge in [-0.2, -0.15) is 0 Å². The summed E-state index contributed by atoms with van der Waals surface area (Å²) in [5.74, 6) is 0.490. The number of nitrogens with zero attached hydrogens (tertiary/aromatic N) is 2. The van der Waals surface area contributed by atoms with Gasteiger partial charge < -0.3 is 19.9 Å². The molecule has 3 saturated heterocycles. The molecule has 21 heavy (non-hydrogen) atoms. The fraction of sp³-hybridized carbons (Fsp3) is 0.867. The summed E-state index contributed by atoms with van der Waals surface area (Å²) >= 11 is 0. The molecule has 6 nitrogen and oxygen atoms in total. The number of nitrogens with one attached hydrogen (secondary N) is 1. The van der Waals surface area contributed by atoms with E-state index in [1.54, 1.807) is 0 Å². The maximum absolute atomic E-state index is 12.4. The molecule has 1 unspecified atom stereocenters. The minimum atomic E-state index is -0.241. The first-order valence-electron chi connectivity index (χ1n) is 8.15. The van der Waals surface area contributed by atoms with Crippen LogP contribution in [0.1, 0.15) is 25.7 Å². The van der Waals surface area contributed by atoms with Crippen LogP contribution < -0.4 is 5.32 Å². The molecule has 6 heteroatoms. The van der Waals surface area contributed by atoms with E-state index in [0.29, 0.717) is 32.8 Å². The Labute approximate surface area is 125 Å². The maximum atomic E-state index is 12.4. The Morgan fingerprint density at radius 3 is 2.24 bits per heavy atom. The fourth-order valence-electron chi connectivity index (χ4n) is 3.44. The van der Waals surface area contributed by atoms with Crippen molar-refractivity contribution in [1.29, 1.82) is 0 Å². The third kappa shape index (κ3) is 3.37. The van der Waals surface area contributed by atoms with E-state index in [4.69, 9.17) is 4.74 Å². The molecule has 3 fully saturated rings. The molecule has 118 valence electrons. The first-order valence-corrected chi connectivity index (χ1v) is 8.15. The molecule has 0 saturated carbocycles. The van der Waals surface area contributed by atoms with Gasteiger partial charge in [0.2, 0.25) is 5.91 Å². The zero-order chi connectivity index (χ0) is 14.7. The predicted octanol–water partition coefficient (Wildman–Crippen LogP) is -0.164. The smallest absolute Gasteiger partial charge is 0.251 e. The van der Waals surface area contributed by atoms with E-state index in [1.807, 2.05) is 9.80 Å². The van der Waals surface area contributed by atoms with E-state index in [1.165, 1.54) is 0 Å². The van der Waals surface area contributed by atoms with Gasteiger partial charge in [0.1, 0.15) is 6.10 Å². The van der Waals surface area contributed by atoms with Gasteiger partial charge in [-0.1, -0.05) is 0 Å². The normalized spacial score (nSPS) is 30.5. The molecule has 3 aliphatic heterocycles. The molecule has 3 rings (SSSR count).